The lowest BCUT2D eigenvalue weighted by Crippen LogP contribution is -2.37. The van der Waals surface area contributed by atoms with Crippen LogP contribution < -0.4 is 9.47 Å². The van der Waals surface area contributed by atoms with Crippen LogP contribution in [0.5, 0.6) is 11.5 Å². The monoisotopic (exact) mass is 341 g/mol. The highest BCUT2D eigenvalue weighted by Crippen LogP contribution is 2.34. The minimum absolute atomic E-state index is 0.000206. The van der Waals surface area contributed by atoms with Crippen molar-refractivity contribution < 1.29 is 14.3 Å². The summed E-state index contributed by atoms with van der Waals surface area (Å²) in [6, 6.07) is 5.25. The Morgan fingerprint density at radius 1 is 1.25 bits per heavy atom. The van der Waals surface area contributed by atoms with Gasteiger partial charge in [-0.25, -0.2) is 0 Å². The summed E-state index contributed by atoms with van der Waals surface area (Å²) < 4.78 is 10.4. The molecule has 1 amide bonds. The number of benzene rings is 1. The molecule has 0 atom stereocenters. The Bertz CT molecular complexity index is 464. The van der Waals surface area contributed by atoms with Gasteiger partial charge in [-0.05, 0) is 30.9 Å². The second-order valence-electron chi connectivity index (χ2n) is 5.22. The molecule has 1 fully saturated rings. The maximum atomic E-state index is 12.4. The van der Waals surface area contributed by atoms with Gasteiger partial charge in [0.2, 0.25) is 0 Å². The molecule has 1 aliphatic rings. The molecular formula is C15H20BrNO3. The number of methoxy groups -OCH3 is 2. The van der Waals surface area contributed by atoms with Crippen LogP contribution in [0.4, 0.5) is 0 Å². The predicted molar refractivity (Wildman–Crippen MR) is 81.9 cm³/mol. The second-order valence-corrected chi connectivity index (χ2v) is 6.52. The van der Waals surface area contributed by atoms with Crippen LogP contribution in [0.15, 0.2) is 18.2 Å². The fourth-order valence-corrected chi connectivity index (χ4v) is 3.48. The third-order valence-electron chi connectivity index (χ3n) is 3.66. The first-order valence-corrected chi connectivity index (χ1v) is 7.57. The molecule has 1 aliphatic carbocycles. The minimum atomic E-state index is 0.000206. The maximum absolute atomic E-state index is 12.4. The molecule has 0 unspecified atom stereocenters. The van der Waals surface area contributed by atoms with Gasteiger partial charge in [0.25, 0.3) is 5.91 Å². The Morgan fingerprint density at radius 3 is 2.25 bits per heavy atom. The van der Waals surface area contributed by atoms with Gasteiger partial charge < -0.3 is 14.4 Å². The molecule has 0 aromatic heterocycles. The largest absolute Gasteiger partial charge is 0.497 e. The Labute approximate surface area is 128 Å². The number of carbonyl (C=O) groups is 1. The van der Waals surface area contributed by atoms with Crippen LogP contribution in [-0.2, 0) is 0 Å². The van der Waals surface area contributed by atoms with Crippen molar-refractivity contribution in [2.75, 3.05) is 27.8 Å². The molecule has 20 heavy (non-hydrogen) atoms. The van der Waals surface area contributed by atoms with Gasteiger partial charge in [0, 0.05) is 30.0 Å². The first-order chi connectivity index (χ1) is 9.53. The molecule has 2 rings (SSSR count). The van der Waals surface area contributed by atoms with Gasteiger partial charge in [-0.3, -0.25) is 4.79 Å². The fourth-order valence-electron chi connectivity index (χ4n) is 2.42. The van der Waals surface area contributed by atoms with Crippen molar-refractivity contribution in [3.63, 3.8) is 0 Å². The number of ether oxygens (including phenoxy) is 2. The summed E-state index contributed by atoms with van der Waals surface area (Å²) in [4.78, 5) is 14.8. The van der Waals surface area contributed by atoms with Crippen LogP contribution in [0.2, 0.25) is 0 Å². The van der Waals surface area contributed by atoms with E-state index in [2.05, 4.69) is 15.9 Å². The number of carbonyl (C=O) groups excluding carboxylic acids is 1. The highest BCUT2D eigenvalue weighted by atomic mass is 79.9. The van der Waals surface area contributed by atoms with E-state index in [0.29, 0.717) is 27.8 Å². The summed E-state index contributed by atoms with van der Waals surface area (Å²) in [5.41, 5.74) is 0.596. The van der Waals surface area contributed by atoms with E-state index < -0.39 is 0 Å². The van der Waals surface area contributed by atoms with Crippen LogP contribution >= 0.6 is 15.9 Å². The van der Waals surface area contributed by atoms with Gasteiger partial charge in [0.1, 0.15) is 11.5 Å². The molecule has 110 valence electrons. The van der Waals surface area contributed by atoms with Crippen molar-refractivity contribution in [2.45, 2.75) is 17.7 Å². The minimum Gasteiger partial charge on any atom is -0.497 e. The van der Waals surface area contributed by atoms with Crippen molar-refractivity contribution in [3.8, 4) is 11.5 Å². The van der Waals surface area contributed by atoms with E-state index in [4.69, 9.17) is 9.47 Å². The summed E-state index contributed by atoms with van der Waals surface area (Å²) in [6.07, 6.45) is 2.28. The molecule has 1 aromatic carbocycles. The zero-order valence-corrected chi connectivity index (χ0v) is 13.6. The summed E-state index contributed by atoms with van der Waals surface area (Å²) in [6.45, 7) is 0.792. The van der Waals surface area contributed by atoms with Gasteiger partial charge in [-0.2, -0.15) is 0 Å². The number of alkyl halides is 1. The van der Waals surface area contributed by atoms with E-state index >= 15 is 0 Å². The van der Waals surface area contributed by atoms with E-state index in [1.54, 1.807) is 37.3 Å². The van der Waals surface area contributed by atoms with Crippen molar-refractivity contribution in [2.24, 2.45) is 5.92 Å². The van der Waals surface area contributed by atoms with Crippen LogP contribution in [0, 0.1) is 5.92 Å². The Balaban J connectivity index is 2.07. The van der Waals surface area contributed by atoms with E-state index in [0.717, 1.165) is 19.4 Å². The van der Waals surface area contributed by atoms with E-state index in [9.17, 15) is 4.79 Å². The molecule has 0 radical (unpaired) electrons. The zero-order chi connectivity index (χ0) is 14.7. The summed E-state index contributed by atoms with van der Waals surface area (Å²) in [5, 5.41) is 0. The van der Waals surface area contributed by atoms with Crippen LogP contribution in [0.25, 0.3) is 0 Å². The topological polar surface area (TPSA) is 38.8 Å². The third kappa shape index (κ3) is 3.45. The highest BCUT2D eigenvalue weighted by Gasteiger charge is 2.29. The highest BCUT2D eigenvalue weighted by molar-refractivity contribution is 9.09. The van der Waals surface area contributed by atoms with Crippen molar-refractivity contribution in [3.05, 3.63) is 23.8 Å². The van der Waals surface area contributed by atoms with Gasteiger partial charge >= 0.3 is 0 Å². The van der Waals surface area contributed by atoms with Crippen LogP contribution in [0.1, 0.15) is 23.2 Å². The van der Waals surface area contributed by atoms with Crippen molar-refractivity contribution in [1.29, 1.82) is 0 Å². The molecule has 4 nitrogen and oxygen atoms in total. The molecule has 5 heteroatoms. The fraction of sp³-hybridized carbons (Fsp3) is 0.533. The number of amides is 1. The molecule has 0 saturated heterocycles. The second kappa shape index (κ2) is 6.48. The zero-order valence-electron chi connectivity index (χ0n) is 12.1. The molecular weight excluding hydrogens is 322 g/mol. The maximum Gasteiger partial charge on any atom is 0.253 e. The first kappa shape index (κ1) is 15.2. The SMILES string of the molecule is COc1cc(OC)cc(C(=O)N(C)CC2CC(Br)C2)c1. The lowest BCUT2D eigenvalue weighted by molar-refractivity contribution is 0.0748. The molecule has 1 aromatic rings. The smallest absolute Gasteiger partial charge is 0.253 e. The molecule has 0 heterocycles. The average molecular weight is 342 g/mol. The van der Waals surface area contributed by atoms with Gasteiger partial charge in [0.15, 0.2) is 0 Å². The van der Waals surface area contributed by atoms with E-state index in [1.807, 2.05) is 7.05 Å². The van der Waals surface area contributed by atoms with Gasteiger partial charge in [-0.15, -0.1) is 0 Å². The Morgan fingerprint density at radius 2 is 1.80 bits per heavy atom. The number of hydrogen-bond donors (Lipinski definition) is 0. The number of nitrogens with zero attached hydrogens (tertiary/aromatic N) is 1. The normalized spacial score (nSPS) is 21.0. The number of rotatable bonds is 5. The standard InChI is InChI=1S/C15H20BrNO3/c1-17(9-10-4-12(16)5-10)15(18)11-6-13(19-2)8-14(7-11)20-3/h6-8,10,12H,4-5,9H2,1-3H3. The van der Waals surface area contributed by atoms with Crippen molar-refractivity contribution in [1.82, 2.24) is 4.90 Å². The number of hydrogen-bond acceptors (Lipinski definition) is 3. The summed E-state index contributed by atoms with van der Waals surface area (Å²) >= 11 is 3.57. The van der Waals surface area contributed by atoms with Gasteiger partial charge in [0.05, 0.1) is 14.2 Å². The molecule has 0 aliphatic heterocycles. The quantitative estimate of drug-likeness (QED) is 0.773. The van der Waals surface area contributed by atoms with Gasteiger partial charge in [-0.1, -0.05) is 15.9 Å². The van der Waals surface area contributed by atoms with Crippen molar-refractivity contribution >= 4 is 21.8 Å². The lowest BCUT2D eigenvalue weighted by Gasteiger charge is -2.34. The molecule has 0 spiro atoms. The van der Waals surface area contributed by atoms with Crippen LogP contribution in [-0.4, -0.2) is 43.4 Å². The Hall–Kier alpha value is -1.23. The van der Waals surface area contributed by atoms with Crippen LogP contribution in [0.3, 0.4) is 0 Å². The lowest BCUT2D eigenvalue weighted by atomic mass is 9.85. The number of halogens is 1. The summed E-state index contributed by atoms with van der Waals surface area (Å²) in [7, 11) is 5.00. The summed E-state index contributed by atoms with van der Waals surface area (Å²) in [5.74, 6) is 1.86. The van der Waals surface area contributed by atoms with E-state index in [1.165, 1.54) is 0 Å². The first-order valence-electron chi connectivity index (χ1n) is 6.66. The third-order valence-corrected chi connectivity index (χ3v) is 4.40. The van der Waals surface area contributed by atoms with E-state index in [-0.39, 0.29) is 5.91 Å². The Kier molecular flexibility index (Phi) is 4.91. The average Bonchev–Trinajstić information content (AvgIpc) is 2.43. The predicted octanol–water partition coefficient (Wildman–Crippen LogP) is 2.95. The molecule has 0 bridgehead atoms. The molecule has 1 saturated carbocycles. The molecule has 0 N–H and O–H groups in total.